The van der Waals surface area contributed by atoms with Crippen LogP contribution >= 0.6 is 0 Å². The summed E-state index contributed by atoms with van der Waals surface area (Å²) in [6.45, 7) is 0.275. The van der Waals surface area contributed by atoms with E-state index >= 15 is 0 Å². The Labute approximate surface area is 127 Å². The third-order valence-corrected chi connectivity index (χ3v) is 4.49. The molecule has 0 heterocycles. The van der Waals surface area contributed by atoms with Gasteiger partial charge in [0.05, 0.1) is 0 Å². The Hall–Kier alpha value is -1.86. The number of benzene rings is 2. The first-order valence-corrected chi connectivity index (χ1v) is 7.76. The van der Waals surface area contributed by atoms with Gasteiger partial charge < -0.3 is 5.11 Å². The van der Waals surface area contributed by atoms with Crippen LogP contribution in [-0.2, 0) is 5.41 Å². The summed E-state index contributed by atoms with van der Waals surface area (Å²) in [6.07, 6.45) is 7.57. The number of aliphatic hydroxyl groups excluding tert-OH is 1. The normalized spacial score (nSPS) is 19.8. The quantitative estimate of drug-likeness (QED) is 0.616. The highest BCUT2D eigenvalue weighted by Gasteiger charge is 2.54. The van der Waals surface area contributed by atoms with E-state index in [2.05, 4.69) is 72.8 Å². The van der Waals surface area contributed by atoms with Gasteiger partial charge in [-0.2, -0.15) is 0 Å². The molecule has 1 fully saturated rings. The van der Waals surface area contributed by atoms with Crippen molar-refractivity contribution in [2.24, 2.45) is 5.92 Å². The average molecular weight is 278 g/mol. The fourth-order valence-electron chi connectivity index (χ4n) is 3.29. The van der Waals surface area contributed by atoms with Crippen molar-refractivity contribution < 1.29 is 5.11 Å². The molecule has 1 heteroatoms. The van der Waals surface area contributed by atoms with Gasteiger partial charge in [0.2, 0.25) is 0 Å². The minimum Gasteiger partial charge on any atom is -0.396 e. The van der Waals surface area contributed by atoms with E-state index < -0.39 is 0 Å². The van der Waals surface area contributed by atoms with E-state index in [9.17, 15) is 0 Å². The first kappa shape index (κ1) is 14.1. The summed E-state index contributed by atoms with van der Waals surface area (Å²) in [4.78, 5) is 0. The highest BCUT2D eigenvalue weighted by Crippen LogP contribution is 2.59. The van der Waals surface area contributed by atoms with Crippen LogP contribution in [0, 0.1) is 5.92 Å². The summed E-state index contributed by atoms with van der Waals surface area (Å²) >= 11 is 0. The number of hydrogen-bond acceptors (Lipinski definition) is 1. The lowest BCUT2D eigenvalue weighted by molar-refractivity contribution is 0.289. The molecule has 21 heavy (non-hydrogen) atoms. The zero-order valence-corrected chi connectivity index (χ0v) is 12.3. The van der Waals surface area contributed by atoms with Crippen molar-refractivity contribution in [2.75, 3.05) is 6.61 Å². The lowest BCUT2D eigenvalue weighted by atomic mass is 9.85. The Morgan fingerprint density at radius 3 is 2.05 bits per heavy atom. The first-order chi connectivity index (χ1) is 10.4. The maximum absolute atomic E-state index is 8.87. The van der Waals surface area contributed by atoms with E-state index in [-0.39, 0.29) is 12.0 Å². The zero-order chi connectivity index (χ0) is 14.5. The summed E-state index contributed by atoms with van der Waals surface area (Å²) in [5.41, 5.74) is 2.97. The average Bonchev–Trinajstić information content (AvgIpc) is 3.29. The van der Waals surface area contributed by atoms with Crippen molar-refractivity contribution in [2.45, 2.75) is 24.7 Å². The van der Waals surface area contributed by atoms with Gasteiger partial charge in [-0.3, -0.25) is 0 Å². The molecule has 1 unspecified atom stereocenters. The molecular weight excluding hydrogens is 256 g/mol. The lowest BCUT2D eigenvalue weighted by Crippen LogP contribution is -2.11. The van der Waals surface area contributed by atoms with Crippen LogP contribution in [0.5, 0.6) is 0 Å². The van der Waals surface area contributed by atoms with Crippen molar-refractivity contribution in [3.05, 3.63) is 83.9 Å². The first-order valence-electron chi connectivity index (χ1n) is 7.76. The fourth-order valence-corrected chi connectivity index (χ4v) is 3.29. The van der Waals surface area contributed by atoms with Gasteiger partial charge in [0.1, 0.15) is 0 Å². The second kappa shape index (κ2) is 6.28. The molecule has 1 N–H and O–H groups in total. The van der Waals surface area contributed by atoms with Gasteiger partial charge in [-0.15, -0.1) is 0 Å². The van der Waals surface area contributed by atoms with Crippen LogP contribution in [0.2, 0.25) is 0 Å². The van der Waals surface area contributed by atoms with Crippen molar-refractivity contribution in [3.8, 4) is 0 Å². The van der Waals surface area contributed by atoms with E-state index in [1.807, 2.05) is 0 Å². The molecule has 1 saturated carbocycles. The molecule has 0 spiro atoms. The minimum absolute atomic E-state index is 0.151. The van der Waals surface area contributed by atoms with Gasteiger partial charge in [0.25, 0.3) is 0 Å². The SMILES string of the molecule is OCCC/C=C\C1CC1(c1ccccc1)c1ccccc1. The molecule has 3 rings (SSSR count). The number of rotatable bonds is 6. The van der Waals surface area contributed by atoms with E-state index in [1.165, 1.54) is 17.5 Å². The molecule has 1 nitrogen and oxygen atoms in total. The smallest absolute Gasteiger partial charge is 0.0433 e. The van der Waals surface area contributed by atoms with Crippen LogP contribution in [0.4, 0.5) is 0 Å². The standard InChI is InChI=1S/C20H22O/c21-15-9-3-8-14-19-16-20(19,17-10-4-1-5-11-17)18-12-6-2-7-13-18/h1-2,4-8,10-14,19,21H,3,9,15-16H2/b14-8-. The molecule has 108 valence electrons. The van der Waals surface area contributed by atoms with E-state index in [4.69, 9.17) is 5.11 Å². The Bertz CT molecular complexity index is 546. The lowest BCUT2D eigenvalue weighted by Gasteiger charge is -2.18. The highest BCUT2D eigenvalue weighted by atomic mass is 16.2. The van der Waals surface area contributed by atoms with Crippen LogP contribution in [0.3, 0.4) is 0 Å². The summed E-state index contributed by atoms with van der Waals surface area (Å²) in [7, 11) is 0. The van der Waals surface area contributed by atoms with Gasteiger partial charge >= 0.3 is 0 Å². The van der Waals surface area contributed by atoms with E-state index in [0.29, 0.717) is 5.92 Å². The summed E-state index contributed by atoms with van der Waals surface area (Å²) in [6, 6.07) is 21.7. The zero-order valence-electron chi connectivity index (χ0n) is 12.3. The Balaban J connectivity index is 1.87. The fraction of sp³-hybridized carbons (Fsp3) is 0.300. The Morgan fingerprint density at radius 2 is 1.52 bits per heavy atom. The Morgan fingerprint density at radius 1 is 0.952 bits per heavy atom. The molecule has 0 aliphatic heterocycles. The molecule has 0 radical (unpaired) electrons. The van der Waals surface area contributed by atoms with E-state index in [0.717, 1.165) is 12.8 Å². The summed E-state index contributed by atoms with van der Waals surface area (Å²) < 4.78 is 0. The second-order valence-corrected chi connectivity index (χ2v) is 5.81. The largest absolute Gasteiger partial charge is 0.396 e. The summed E-state index contributed by atoms with van der Waals surface area (Å²) in [5.74, 6) is 0.570. The number of hydrogen-bond donors (Lipinski definition) is 1. The van der Waals surface area contributed by atoms with Crippen molar-refractivity contribution >= 4 is 0 Å². The monoisotopic (exact) mass is 278 g/mol. The maximum Gasteiger partial charge on any atom is 0.0433 e. The highest BCUT2D eigenvalue weighted by molar-refractivity contribution is 5.48. The third-order valence-electron chi connectivity index (χ3n) is 4.49. The molecule has 0 saturated heterocycles. The summed E-state index contributed by atoms with van der Waals surface area (Å²) in [5, 5.41) is 8.87. The molecule has 2 aromatic rings. The van der Waals surface area contributed by atoms with Crippen LogP contribution in [0.15, 0.2) is 72.8 Å². The maximum atomic E-state index is 8.87. The van der Waals surface area contributed by atoms with Gasteiger partial charge in [-0.05, 0) is 36.3 Å². The number of allylic oxidation sites excluding steroid dienone is 2. The Kier molecular flexibility index (Phi) is 4.21. The van der Waals surface area contributed by atoms with Crippen molar-refractivity contribution in [1.82, 2.24) is 0 Å². The molecule has 1 aliphatic carbocycles. The van der Waals surface area contributed by atoms with Crippen LogP contribution in [0.1, 0.15) is 30.4 Å². The van der Waals surface area contributed by atoms with Crippen LogP contribution < -0.4 is 0 Å². The molecule has 1 atom stereocenters. The van der Waals surface area contributed by atoms with Gasteiger partial charge in [-0.1, -0.05) is 72.8 Å². The minimum atomic E-state index is 0.151. The predicted molar refractivity (Wildman–Crippen MR) is 87.2 cm³/mol. The number of unbranched alkanes of at least 4 members (excludes halogenated alkanes) is 1. The third kappa shape index (κ3) is 2.79. The topological polar surface area (TPSA) is 20.2 Å². The molecule has 0 aromatic heterocycles. The van der Waals surface area contributed by atoms with Crippen molar-refractivity contribution in [1.29, 1.82) is 0 Å². The van der Waals surface area contributed by atoms with Gasteiger partial charge in [0.15, 0.2) is 0 Å². The van der Waals surface area contributed by atoms with Gasteiger partial charge in [-0.25, -0.2) is 0 Å². The molecule has 1 aliphatic rings. The number of aliphatic hydroxyl groups is 1. The predicted octanol–water partition coefficient (Wildman–Crippen LogP) is 4.32. The van der Waals surface area contributed by atoms with Crippen molar-refractivity contribution in [3.63, 3.8) is 0 Å². The van der Waals surface area contributed by atoms with Gasteiger partial charge in [0, 0.05) is 12.0 Å². The molecular formula is C20H22O. The molecule has 0 amide bonds. The van der Waals surface area contributed by atoms with E-state index in [1.54, 1.807) is 0 Å². The van der Waals surface area contributed by atoms with Crippen LogP contribution in [-0.4, -0.2) is 11.7 Å². The van der Waals surface area contributed by atoms with Crippen LogP contribution in [0.25, 0.3) is 0 Å². The molecule has 2 aromatic carbocycles. The molecule has 0 bridgehead atoms. The second-order valence-electron chi connectivity index (χ2n) is 5.81.